The number of aromatic nitrogens is 4. The normalized spacial score (nSPS) is 11.9. The zero-order chi connectivity index (χ0) is 25.7. The molecular formula is C28H34N6O2. The second-order valence-electron chi connectivity index (χ2n) is 8.93. The van der Waals surface area contributed by atoms with Gasteiger partial charge in [0.1, 0.15) is 12.4 Å². The molecule has 0 aliphatic rings. The van der Waals surface area contributed by atoms with E-state index in [0.717, 1.165) is 46.6 Å². The monoisotopic (exact) mass is 486 g/mol. The number of ether oxygens (including phenoxy) is 1. The fourth-order valence-corrected chi connectivity index (χ4v) is 4.04. The van der Waals surface area contributed by atoms with Crippen LogP contribution < -0.4 is 15.4 Å². The van der Waals surface area contributed by atoms with Crippen LogP contribution in [0.4, 0.5) is 0 Å². The molecule has 4 rings (SSSR count). The van der Waals surface area contributed by atoms with E-state index in [1.54, 1.807) is 4.68 Å². The maximum Gasteiger partial charge on any atom is 0.252 e. The number of hydrogen-bond donors (Lipinski definition) is 2. The van der Waals surface area contributed by atoms with Crippen LogP contribution in [0.25, 0.3) is 22.4 Å². The van der Waals surface area contributed by atoms with Crippen LogP contribution in [0.15, 0.2) is 61.1 Å². The molecule has 8 heteroatoms. The Morgan fingerprint density at radius 1 is 1.11 bits per heavy atom. The summed E-state index contributed by atoms with van der Waals surface area (Å²) in [6.45, 7) is 8.07. The molecule has 2 aromatic heterocycles. The van der Waals surface area contributed by atoms with Gasteiger partial charge in [0, 0.05) is 49.2 Å². The predicted octanol–water partition coefficient (Wildman–Crippen LogP) is 4.37. The Morgan fingerprint density at radius 3 is 2.61 bits per heavy atom. The smallest absolute Gasteiger partial charge is 0.252 e. The molecule has 0 fully saturated rings. The molecule has 2 N–H and O–H groups in total. The van der Waals surface area contributed by atoms with Gasteiger partial charge in [-0.15, -0.1) is 0 Å². The van der Waals surface area contributed by atoms with E-state index in [0.29, 0.717) is 17.9 Å². The first-order valence-corrected chi connectivity index (χ1v) is 12.2. The molecule has 0 bridgehead atoms. The van der Waals surface area contributed by atoms with Crippen molar-refractivity contribution >= 4 is 5.91 Å². The molecular weight excluding hydrogens is 452 g/mol. The zero-order valence-corrected chi connectivity index (χ0v) is 21.6. The van der Waals surface area contributed by atoms with E-state index < -0.39 is 0 Å². The fraction of sp³-hybridized carbons (Fsp3) is 0.321. The molecule has 0 saturated carbocycles. The van der Waals surface area contributed by atoms with Gasteiger partial charge in [-0.3, -0.25) is 14.2 Å². The van der Waals surface area contributed by atoms with E-state index in [4.69, 9.17) is 4.74 Å². The molecule has 8 nitrogen and oxygen atoms in total. The highest BCUT2D eigenvalue weighted by Gasteiger charge is 2.17. The molecule has 0 aliphatic carbocycles. The Hall–Kier alpha value is -3.91. The van der Waals surface area contributed by atoms with E-state index in [1.807, 2.05) is 75.5 Å². The molecule has 0 radical (unpaired) electrons. The fourth-order valence-electron chi connectivity index (χ4n) is 4.04. The van der Waals surface area contributed by atoms with Crippen LogP contribution in [-0.4, -0.2) is 45.7 Å². The number of likely N-dealkylation sites (N-methyl/N-ethyl adjacent to an activating group) is 1. The van der Waals surface area contributed by atoms with Crippen molar-refractivity contribution in [2.24, 2.45) is 7.05 Å². The lowest BCUT2D eigenvalue weighted by Gasteiger charge is -2.18. The lowest BCUT2D eigenvalue weighted by Crippen LogP contribution is -2.27. The minimum absolute atomic E-state index is 0.136. The highest BCUT2D eigenvalue weighted by Crippen LogP contribution is 2.30. The van der Waals surface area contributed by atoms with E-state index in [1.165, 1.54) is 0 Å². The first kappa shape index (κ1) is 25.2. The quantitative estimate of drug-likeness (QED) is 0.325. The number of nitrogens with zero attached hydrogens (tertiary/aromatic N) is 4. The number of carbonyl (C=O) groups is 1. The number of amides is 1. The van der Waals surface area contributed by atoms with Crippen molar-refractivity contribution in [3.63, 3.8) is 0 Å². The van der Waals surface area contributed by atoms with Crippen molar-refractivity contribution in [2.75, 3.05) is 20.2 Å². The molecule has 4 aromatic rings. The number of hydrogen-bond acceptors (Lipinski definition) is 5. The van der Waals surface area contributed by atoms with Crippen LogP contribution >= 0.6 is 0 Å². The average Bonchev–Trinajstić information content (AvgIpc) is 3.54. The highest BCUT2D eigenvalue weighted by molar-refractivity contribution is 5.96. The molecule has 2 aromatic carbocycles. The van der Waals surface area contributed by atoms with Gasteiger partial charge >= 0.3 is 0 Å². The summed E-state index contributed by atoms with van der Waals surface area (Å²) in [7, 11) is 3.78. The van der Waals surface area contributed by atoms with E-state index in [-0.39, 0.29) is 11.9 Å². The van der Waals surface area contributed by atoms with Gasteiger partial charge in [-0.25, -0.2) is 0 Å². The molecule has 0 unspecified atom stereocenters. The minimum Gasteiger partial charge on any atom is -0.492 e. The number of nitrogens with one attached hydrogen (secondary N) is 2. The highest BCUT2D eigenvalue weighted by atomic mass is 16.5. The molecule has 1 amide bonds. The Kier molecular flexibility index (Phi) is 7.85. The van der Waals surface area contributed by atoms with Gasteiger partial charge in [0.25, 0.3) is 5.91 Å². The zero-order valence-electron chi connectivity index (χ0n) is 21.6. The molecule has 0 aliphatic heterocycles. The lowest BCUT2D eigenvalue weighted by molar-refractivity contribution is 0.0938. The van der Waals surface area contributed by atoms with Crippen LogP contribution in [0.2, 0.25) is 0 Å². The summed E-state index contributed by atoms with van der Waals surface area (Å²) in [4.78, 5) is 13.3. The van der Waals surface area contributed by atoms with E-state index in [2.05, 4.69) is 46.0 Å². The summed E-state index contributed by atoms with van der Waals surface area (Å²) in [6, 6.07) is 13.7. The number of carbonyl (C=O) groups excluding carboxylic acids is 1. The van der Waals surface area contributed by atoms with Gasteiger partial charge in [0.2, 0.25) is 0 Å². The third kappa shape index (κ3) is 5.83. The van der Waals surface area contributed by atoms with Crippen molar-refractivity contribution in [1.29, 1.82) is 0 Å². The van der Waals surface area contributed by atoms with Crippen molar-refractivity contribution in [3.8, 4) is 28.1 Å². The van der Waals surface area contributed by atoms with Crippen LogP contribution in [0.1, 0.15) is 41.4 Å². The largest absolute Gasteiger partial charge is 0.492 e. The van der Waals surface area contributed by atoms with Crippen molar-refractivity contribution in [1.82, 2.24) is 30.2 Å². The Bertz CT molecular complexity index is 1340. The Balaban J connectivity index is 1.62. The summed E-state index contributed by atoms with van der Waals surface area (Å²) in [6.07, 6.45) is 5.81. The third-order valence-electron chi connectivity index (χ3n) is 6.18. The first-order chi connectivity index (χ1) is 17.4. The van der Waals surface area contributed by atoms with Gasteiger partial charge < -0.3 is 15.4 Å². The first-order valence-electron chi connectivity index (χ1n) is 12.2. The Morgan fingerprint density at radius 2 is 1.92 bits per heavy atom. The van der Waals surface area contributed by atoms with Gasteiger partial charge in [-0.2, -0.15) is 10.2 Å². The van der Waals surface area contributed by atoms with Crippen LogP contribution in [-0.2, 0) is 13.6 Å². The maximum atomic E-state index is 13.3. The van der Waals surface area contributed by atoms with Gasteiger partial charge in [0.15, 0.2) is 0 Å². The molecule has 0 saturated heterocycles. The standard InChI is InChI=1S/C28H34N6O2/c1-6-34-11-9-27(32-34)23-14-21(13-22(15-23)24-17-30-33(5)18-24)20(3)31-28(35)26-16-25(8-7-19(26)2)36-12-10-29-4/h7-9,11,13-18,20,29H,6,10,12H2,1-5H3,(H,31,35)/t20-/m1/s1. The van der Waals surface area contributed by atoms with Crippen molar-refractivity contribution < 1.29 is 9.53 Å². The molecule has 0 spiro atoms. The lowest BCUT2D eigenvalue weighted by atomic mass is 9.96. The summed E-state index contributed by atoms with van der Waals surface area (Å²) >= 11 is 0. The molecule has 188 valence electrons. The predicted molar refractivity (Wildman–Crippen MR) is 142 cm³/mol. The maximum absolute atomic E-state index is 13.3. The summed E-state index contributed by atoms with van der Waals surface area (Å²) in [5, 5.41) is 15.2. The Labute approximate surface area is 212 Å². The van der Waals surface area contributed by atoms with Crippen LogP contribution in [0.3, 0.4) is 0 Å². The minimum atomic E-state index is -0.227. The second kappa shape index (κ2) is 11.2. The topological polar surface area (TPSA) is 86.0 Å². The van der Waals surface area contributed by atoms with Crippen molar-refractivity contribution in [3.05, 3.63) is 77.7 Å². The van der Waals surface area contributed by atoms with Crippen LogP contribution in [0, 0.1) is 6.92 Å². The van der Waals surface area contributed by atoms with Crippen molar-refractivity contribution in [2.45, 2.75) is 33.4 Å². The van der Waals surface area contributed by atoms with E-state index >= 15 is 0 Å². The van der Waals surface area contributed by atoms with Gasteiger partial charge in [-0.1, -0.05) is 6.07 Å². The summed E-state index contributed by atoms with van der Waals surface area (Å²) in [5.41, 5.74) is 6.42. The number of rotatable bonds is 10. The third-order valence-corrected chi connectivity index (χ3v) is 6.18. The van der Waals surface area contributed by atoms with Crippen LogP contribution in [0.5, 0.6) is 5.75 Å². The van der Waals surface area contributed by atoms with Gasteiger partial charge in [0.05, 0.1) is 17.9 Å². The second-order valence-corrected chi connectivity index (χ2v) is 8.93. The summed E-state index contributed by atoms with van der Waals surface area (Å²) in [5.74, 6) is 0.545. The number of benzene rings is 2. The van der Waals surface area contributed by atoms with E-state index in [9.17, 15) is 4.79 Å². The molecule has 36 heavy (non-hydrogen) atoms. The average molecular weight is 487 g/mol. The number of aryl methyl sites for hydroxylation is 3. The summed E-state index contributed by atoms with van der Waals surface area (Å²) < 4.78 is 9.46. The molecule has 2 heterocycles. The SMILES string of the molecule is CCn1ccc(-c2cc(-c3cnn(C)c3)cc([C@@H](C)NC(=O)c3cc(OCCNC)ccc3C)c2)n1. The van der Waals surface area contributed by atoms with Gasteiger partial charge in [-0.05, 0) is 80.9 Å². The molecule has 1 atom stereocenters.